The summed E-state index contributed by atoms with van der Waals surface area (Å²) < 4.78 is 5.52. The molecule has 2 atom stereocenters. The first kappa shape index (κ1) is 20.8. The number of nitrogens with one attached hydrogen (secondary N) is 2. The predicted molar refractivity (Wildman–Crippen MR) is 118 cm³/mol. The molecule has 1 aromatic carbocycles. The van der Waals surface area contributed by atoms with Crippen molar-refractivity contribution in [1.29, 1.82) is 0 Å². The third-order valence-corrected chi connectivity index (χ3v) is 6.02. The highest BCUT2D eigenvalue weighted by molar-refractivity contribution is 5.80. The van der Waals surface area contributed by atoms with Crippen LogP contribution in [0.5, 0.6) is 5.75 Å². The number of benzene rings is 1. The molecule has 0 aromatic heterocycles. The lowest BCUT2D eigenvalue weighted by atomic mass is 9.97. The van der Waals surface area contributed by atoms with Crippen molar-refractivity contribution in [2.24, 2.45) is 10.9 Å². The Labute approximate surface area is 170 Å². The maximum atomic E-state index is 5.52. The molecule has 0 amide bonds. The number of para-hydroxylation sites is 2. The van der Waals surface area contributed by atoms with Gasteiger partial charge in [0.05, 0.1) is 12.8 Å². The predicted octanol–water partition coefficient (Wildman–Crippen LogP) is 2.56. The molecule has 2 aliphatic rings. The van der Waals surface area contributed by atoms with E-state index in [-0.39, 0.29) is 0 Å². The summed E-state index contributed by atoms with van der Waals surface area (Å²) in [5.41, 5.74) is 1.17. The van der Waals surface area contributed by atoms with Gasteiger partial charge < -0.3 is 25.2 Å². The average molecular weight is 388 g/mol. The molecule has 0 spiro atoms. The van der Waals surface area contributed by atoms with Crippen molar-refractivity contribution >= 4 is 11.6 Å². The number of piperidine rings is 1. The van der Waals surface area contributed by atoms with Gasteiger partial charge >= 0.3 is 0 Å². The Bertz CT molecular complexity index is 648. The molecule has 2 fully saturated rings. The number of methoxy groups -OCH3 is 1. The summed E-state index contributed by atoms with van der Waals surface area (Å²) in [5.74, 6) is 2.56. The van der Waals surface area contributed by atoms with Crippen molar-refractivity contribution < 1.29 is 4.74 Å². The van der Waals surface area contributed by atoms with Crippen molar-refractivity contribution in [2.45, 2.75) is 45.2 Å². The zero-order chi connectivity index (χ0) is 19.9. The number of aliphatic imine (C=N–C) groups is 1. The molecule has 2 unspecified atom stereocenters. The Morgan fingerprint density at radius 3 is 2.79 bits per heavy atom. The largest absolute Gasteiger partial charge is 0.495 e. The topological polar surface area (TPSA) is 52.1 Å². The number of rotatable bonds is 6. The summed E-state index contributed by atoms with van der Waals surface area (Å²) in [6.07, 6.45) is 3.70. The Morgan fingerprint density at radius 1 is 1.21 bits per heavy atom. The standard InChI is InChI=1S/C22H37N5O/c1-17(2)26-12-7-8-18(15-26)14-24-22(23-3)25-19-11-13-27(16-19)20-9-5-6-10-21(20)28-4/h5-6,9-10,17-19H,7-8,11-16H2,1-4H3,(H2,23,24,25). The first-order valence-electron chi connectivity index (χ1n) is 10.7. The normalized spacial score (nSPS) is 23.9. The number of likely N-dealkylation sites (tertiary alicyclic amines) is 1. The molecule has 156 valence electrons. The molecule has 0 aliphatic carbocycles. The van der Waals surface area contributed by atoms with Gasteiger partial charge in [-0.25, -0.2) is 0 Å². The molecule has 6 heteroatoms. The Hall–Kier alpha value is -1.95. The maximum absolute atomic E-state index is 5.52. The minimum Gasteiger partial charge on any atom is -0.495 e. The van der Waals surface area contributed by atoms with Gasteiger partial charge in [-0.15, -0.1) is 0 Å². The van der Waals surface area contributed by atoms with Gasteiger partial charge in [0.1, 0.15) is 5.75 Å². The van der Waals surface area contributed by atoms with Crippen molar-refractivity contribution in [2.75, 3.05) is 51.8 Å². The van der Waals surface area contributed by atoms with Crippen molar-refractivity contribution in [3.05, 3.63) is 24.3 Å². The van der Waals surface area contributed by atoms with E-state index in [0.717, 1.165) is 37.8 Å². The monoisotopic (exact) mass is 387 g/mol. The number of nitrogens with zero attached hydrogens (tertiary/aromatic N) is 3. The molecule has 2 saturated heterocycles. The van der Waals surface area contributed by atoms with Crippen molar-refractivity contribution in [1.82, 2.24) is 15.5 Å². The SMILES string of the molecule is CN=C(NCC1CCCN(C(C)C)C1)NC1CCN(c2ccccc2OC)C1. The van der Waals surface area contributed by atoms with E-state index in [2.05, 4.69) is 51.4 Å². The molecule has 2 N–H and O–H groups in total. The highest BCUT2D eigenvalue weighted by atomic mass is 16.5. The second-order valence-corrected chi connectivity index (χ2v) is 8.30. The number of anilines is 1. The summed E-state index contributed by atoms with van der Waals surface area (Å²) in [6.45, 7) is 10.0. The lowest BCUT2D eigenvalue weighted by Gasteiger charge is -2.35. The van der Waals surface area contributed by atoms with Crippen molar-refractivity contribution in [3.63, 3.8) is 0 Å². The van der Waals surface area contributed by atoms with Crippen LogP contribution < -0.4 is 20.3 Å². The Balaban J connectivity index is 1.48. The van der Waals surface area contributed by atoms with Crippen molar-refractivity contribution in [3.8, 4) is 5.75 Å². The molecular weight excluding hydrogens is 350 g/mol. The van der Waals surface area contributed by atoms with E-state index in [9.17, 15) is 0 Å². The van der Waals surface area contributed by atoms with Crippen LogP contribution in [0.2, 0.25) is 0 Å². The van der Waals surface area contributed by atoms with E-state index in [0.29, 0.717) is 18.0 Å². The average Bonchev–Trinajstić information content (AvgIpc) is 3.19. The van der Waals surface area contributed by atoms with E-state index < -0.39 is 0 Å². The fourth-order valence-corrected chi connectivity index (χ4v) is 4.35. The van der Waals surface area contributed by atoms with Gasteiger partial charge in [-0.05, 0) is 57.7 Å². The first-order valence-corrected chi connectivity index (χ1v) is 10.7. The van der Waals surface area contributed by atoms with Gasteiger partial charge in [0.15, 0.2) is 5.96 Å². The van der Waals surface area contributed by atoms with Gasteiger partial charge in [-0.2, -0.15) is 0 Å². The van der Waals surface area contributed by atoms with Gasteiger partial charge in [-0.3, -0.25) is 4.99 Å². The van der Waals surface area contributed by atoms with E-state index in [1.54, 1.807) is 7.11 Å². The van der Waals surface area contributed by atoms with Crippen LogP contribution in [0.25, 0.3) is 0 Å². The zero-order valence-corrected chi connectivity index (χ0v) is 17.9. The summed E-state index contributed by atoms with van der Waals surface area (Å²) in [6, 6.07) is 9.29. The number of guanidine groups is 1. The highest BCUT2D eigenvalue weighted by Gasteiger charge is 2.26. The molecule has 3 rings (SSSR count). The molecule has 6 nitrogen and oxygen atoms in total. The Morgan fingerprint density at radius 2 is 2.04 bits per heavy atom. The fraction of sp³-hybridized carbons (Fsp3) is 0.682. The second kappa shape index (κ2) is 10.0. The zero-order valence-electron chi connectivity index (χ0n) is 17.9. The lowest BCUT2D eigenvalue weighted by Crippen LogP contribution is -2.48. The second-order valence-electron chi connectivity index (χ2n) is 8.30. The molecule has 28 heavy (non-hydrogen) atoms. The fourth-order valence-electron chi connectivity index (χ4n) is 4.35. The Kier molecular flexibility index (Phi) is 7.43. The molecule has 2 aliphatic heterocycles. The minimum absolute atomic E-state index is 0.398. The summed E-state index contributed by atoms with van der Waals surface area (Å²) in [5, 5.41) is 7.19. The molecule has 0 bridgehead atoms. The van der Waals surface area contributed by atoms with Gasteiger partial charge in [-0.1, -0.05) is 12.1 Å². The van der Waals surface area contributed by atoms with Crippen LogP contribution in [-0.4, -0.2) is 69.8 Å². The minimum atomic E-state index is 0.398. The summed E-state index contributed by atoms with van der Waals surface area (Å²) in [7, 11) is 3.60. The number of ether oxygens (including phenoxy) is 1. The van der Waals surface area contributed by atoms with Gasteiger partial charge in [0.2, 0.25) is 0 Å². The molecule has 2 heterocycles. The van der Waals surface area contributed by atoms with Crippen LogP contribution in [0.4, 0.5) is 5.69 Å². The smallest absolute Gasteiger partial charge is 0.191 e. The molecular formula is C22H37N5O. The molecule has 0 radical (unpaired) electrons. The third kappa shape index (κ3) is 5.31. The summed E-state index contributed by atoms with van der Waals surface area (Å²) >= 11 is 0. The van der Waals surface area contributed by atoms with Crippen LogP contribution in [0, 0.1) is 5.92 Å². The van der Waals surface area contributed by atoms with Crippen LogP contribution >= 0.6 is 0 Å². The third-order valence-electron chi connectivity index (χ3n) is 6.02. The van der Waals surface area contributed by atoms with Gasteiger partial charge in [0, 0.05) is 45.3 Å². The van der Waals surface area contributed by atoms with E-state index in [4.69, 9.17) is 4.74 Å². The van der Waals surface area contributed by atoms with Crippen LogP contribution in [0.1, 0.15) is 33.1 Å². The van der Waals surface area contributed by atoms with E-state index in [1.165, 1.54) is 31.6 Å². The molecule has 1 aromatic rings. The van der Waals surface area contributed by atoms with E-state index >= 15 is 0 Å². The van der Waals surface area contributed by atoms with E-state index in [1.807, 2.05) is 19.2 Å². The number of hydrogen-bond donors (Lipinski definition) is 2. The van der Waals surface area contributed by atoms with Crippen LogP contribution in [0.15, 0.2) is 29.3 Å². The quantitative estimate of drug-likeness (QED) is 0.580. The maximum Gasteiger partial charge on any atom is 0.191 e. The van der Waals surface area contributed by atoms with Crippen LogP contribution in [-0.2, 0) is 0 Å². The first-order chi connectivity index (χ1) is 13.6. The summed E-state index contributed by atoms with van der Waals surface area (Å²) in [4.78, 5) is 9.44. The highest BCUT2D eigenvalue weighted by Crippen LogP contribution is 2.30. The number of hydrogen-bond acceptors (Lipinski definition) is 4. The molecule has 0 saturated carbocycles. The lowest BCUT2D eigenvalue weighted by molar-refractivity contribution is 0.141. The van der Waals surface area contributed by atoms with Crippen LogP contribution in [0.3, 0.4) is 0 Å². The van der Waals surface area contributed by atoms with Gasteiger partial charge in [0.25, 0.3) is 0 Å².